The maximum Gasteiger partial charge on any atom is 0.259 e. The molecule has 1 aromatic rings. The van der Waals surface area contributed by atoms with Gasteiger partial charge >= 0.3 is 0 Å². The summed E-state index contributed by atoms with van der Waals surface area (Å²) in [5.41, 5.74) is -0.0348. The summed E-state index contributed by atoms with van der Waals surface area (Å²) >= 11 is 5.85. The Hall–Kier alpha value is -1.73. The molecule has 0 saturated heterocycles. The number of benzene rings is 1. The summed E-state index contributed by atoms with van der Waals surface area (Å²) in [6.45, 7) is 7.18. The predicted molar refractivity (Wildman–Crippen MR) is 78.7 cm³/mol. The lowest BCUT2D eigenvalue weighted by Gasteiger charge is -2.27. The maximum atomic E-state index is 11.9. The first-order chi connectivity index (χ1) is 9.28. The van der Waals surface area contributed by atoms with Gasteiger partial charge in [0.15, 0.2) is 6.61 Å². The van der Waals surface area contributed by atoms with Crippen LogP contribution in [0.2, 0.25) is 5.02 Å². The van der Waals surface area contributed by atoms with Gasteiger partial charge in [0.05, 0.1) is 6.07 Å². The fourth-order valence-electron chi connectivity index (χ4n) is 1.55. The molecule has 0 aromatic heterocycles. The monoisotopic (exact) mass is 294 g/mol. The van der Waals surface area contributed by atoms with Crippen LogP contribution in [0, 0.1) is 24.2 Å². The Kier molecular flexibility index (Phi) is 5.41. The van der Waals surface area contributed by atoms with Crippen molar-refractivity contribution in [1.29, 1.82) is 5.26 Å². The van der Waals surface area contributed by atoms with Crippen molar-refractivity contribution in [2.24, 2.45) is 5.92 Å². The van der Waals surface area contributed by atoms with E-state index < -0.39 is 5.54 Å². The topological polar surface area (TPSA) is 62.1 Å². The summed E-state index contributed by atoms with van der Waals surface area (Å²) in [5.74, 6) is 0.290. The SMILES string of the molecule is Cc1cc(Cl)ccc1OCC(=O)N[C@](C)(C#N)C(C)C. The van der Waals surface area contributed by atoms with Gasteiger partial charge in [0.2, 0.25) is 0 Å². The summed E-state index contributed by atoms with van der Waals surface area (Å²) < 4.78 is 5.44. The summed E-state index contributed by atoms with van der Waals surface area (Å²) in [6.07, 6.45) is 0. The summed E-state index contributed by atoms with van der Waals surface area (Å²) in [4.78, 5) is 11.9. The van der Waals surface area contributed by atoms with E-state index in [4.69, 9.17) is 21.6 Å². The lowest BCUT2D eigenvalue weighted by atomic mass is 9.90. The van der Waals surface area contributed by atoms with Crippen molar-refractivity contribution in [3.05, 3.63) is 28.8 Å². The van der Waals surface area contributed by atoms with Crippen LogP contribution in [0.1, 0.15) is 26.3 Å². The highest BCUT2D eigenvalue weighted by Crippen LogP contribution is 2.21. The minimum absolute atomic E-state index is 0.00807. The normalized spacial score (nSPS) is 13.4. The maximum absolute atomic E-state index is 11.9. The van der Waals surface area contributed by atoms with Gasteiger partial charge in [-0.3, -0.25) is 4.79 Å². The van der Waals surface area contributed by atoms with Gasteiger partial charge in [-0.2, -0.15) is 5.26 Å². The fraction of sp³-hybridized carbons (Fsp3) is 0.467. The van der Waals surface area contributed by atoms with Gasteiger partial charge in [0.1, 0.15) is 11.3 Å². The second-order valence-corrected chi connectivity index (χ2v) is 5.65. The average Bonchev–Trinajstić information content (AvgIpc) is 2.37. The Bertz CT molecular complexity index is 537. The van der Waals surface area contributed by atoms with Crippen molar-refractivity contribution in [2.75, 3.05) is 6.61 Å². The Morgan fingerprint density at radius 2 is 2.20 bits per heavy atom. The number of aryl methyl sites for hydroxylation is 1. The van der Waals surface area contributed by atoms with Crippen molar-refractivity contribution in [3.63, 3.8) is 0 Å². The number of nitrogens with one attached hydrogen (secondary N) is 1. The number of halogens is 1. The van der Waals surface area contributed by atoms with Gasteiger partial charge in [-0.05, 0) is 43.5 Å². The smallest absolute Gasteiger partial charge is 0.259 e. The lowest BCUT2D eigenvalue weighted by molar-refractivity contribution is -0.124. The molecule has 4 nitrogen and oxygen atoms in total. The average molecular weight is 295 g/mol. The van der Waals surface area contributed by atoms with Crippen LogP contribution in [0.5, 0.6) is 5.75 Å². The lowest BCUT2D eigenvalue weighted by Crippen LogP contribution is -2.50. The van der Waals surface area contributed by atoms with Crippen LogP contribution in [0.4, 0.5) is 0 Å². The molecule has 5 heteroatoms. The van der Waals surface area contributed by atoms with Gasteiger partial charge in [-0.25, -0.2) is 0 Å². The van der Waals surface area contributed by atoms with Crippen molar-refractivity contribution >= 4 is 17.5 Å². The number of carbonyl (C=O) groups excluding carboxylic acids is 1. The molecule has 0 aliphatic heterocycles. The van der Waals surface area contributed by atoms with Gasteiger partial charge in [0, 0.05) is 5.02 Å². The number of hydrogen-bond donors (Lipinski definition) is 1. The van der Waals surface area contributed by atoms with Crippen molar-refractivity contribution < 1.29 is 9.53 Å². The molecule has 1 aromatic carbocycles. The van der Waals surface area contributed by atoms with Crippen molar-refractivity contribution in [2.45, 2.75) is 33.2 Å². The first-order valence-corrected chi connectivity index (χ1v) is 6.77. The van der Waals surface area contributed by atoms with Gasteiger partial charge < -0.3 is 10.1 Å². The van der Waals surface area contributed by atoms with E-state index in [1.54, 1.807) is 25.1 Å². The van der Waals surface area contributed by atoms with E-state index >= 15 is 0 Å². The highest BCUT2D eigenvalue weighted by atomic mass is 35.5. The number of hydrogen-bond acceptors (Lipinski definition) is 3. The largest absolute Gasteiger partial charge is 0.484 e. The molecular weight excluding hydrogens is 276 g/mol. The third kappa shape index (κ3) is 4.14. The minimum atomic E-state index is -0.893. The highest BCUT2D eigenvalue weighted by molar-refractivity contribution is 6.30. The Morgan fingerprint density at radius 1 is 1.55 bits per heavy atom. The zero-order valence-corrected chi connectivity index (χ0v) is 12.9. The highest BCUT2D eigenvalue weighted by Gasteiger charge is 2.30. The molecule has 108 valence electrons. The van der Waals surface area contributed by atoms with E-state index in [0.29, 0.717) is 10.8 Å². The number of nitriles is 1. The number of amides is 1. The molecular formula is C15H19ClN2O2. The van der Waals surface area contributed by atoms with Crippen LogP contribution in [0.3, 0.4) is 0 Å². The van der Waals surface area contributed by atoms with E-state index in [-0.39, 0.29) is 18.4 Å². The van der Waals surface area contributed by atoms with E-state index in [9.17, 15) is 4.79 Å². The van der Waals surface area contributed by atoms with Crippen LogP contribution >= 0.6 is 11.6 Å². The Morgan fingerprint density at radius 3 is 2.70 bits per heavy atom. The molecule has 0 fully saturated rings. The molecule has 0 bridgehead atoms. The van der Waals surface area contributed by atoms with Crippen LogP contribution in [-0.2, 0) is 4.79 Å². The molecule has 0 unspecified atom stereocenters. The molecule has 0 aliphatic rings. The van der Waals surface area contributed by atoms with Crippen molar-refractivity contribution in [3.8, 4) is 11.8 Å². The minimum Gasteiger partial charge on any atom is -0.484 e. The summed E-state index contributed by atoms with van der Waals surface area (Å²) in [7, 11) is 0. The molecule has 20 heavy (non-hydrogen) atoms. The van der Waals surface area contributed by atoms with E-state index in [2.05, 4.69) is 11.4 Å². The van der Waals surface area contributed by atoms with E-state index in [1.165, 1.54) is 0 Å². The van der Waals surface area contributed by atoms with Crippen LogP contribution in [0.25, 0.3) is 0 Å². The standard InChI is InChI=1S/C15H19ClN2O2/c1-10(2)15(4,9-17)18-14(19)8-20-13-6-5-12(16)7-11(13)3/h5-7,10H,8H2,1-4H3,(H,18,19)/t15-/m1/s1. The fourth-order valence-corrected chi connectivity index (χ4v) is 1.77. The zero-order chi connectivity index (χ0) is 15.3. The molecule has 1 atom stereocenters. The second-order valence-electron chi connectivity index (χ2n) is 5.22. The summed E-state index contributed by atoms with van der Waals surface area (Å²) in [6, 6.07) is 7.31. The van der Waals surface area contributed by atoms with Crippen LogP contribution in [0.15, 0.2) is 18.2 Å². The third-order valence-electron chi connectivity index (χ3n) is 3.28. The van der Waals surface area contributed by atoms with Gasteiger partial charge in [0.25, 0.3) is 5.91 Å². The molecule has 0 saturated carbocycles. The molecule has 0 spiro atoms. The molecule has 0 radical (unpaired) electrons. The van der Waals surface area contributed by atoms with Crippen LogP contribution in [-0.4, -0.2) is 18.1 Å². The number of nitrogens with zero attached hydrogens (tertiary/aromatic N) is 1. The summed E-state index contributed by atoms with van der Waals surface area (Å²) in [5, 5.41) is 12.5. The Labute approximate surface area is 124 Å². The Balaban J connectivity index is 2.62. The first kappa shape index (κ1) is 16.3. The zero-order valence-electron chi connectivity index (χ0n) is 12.2. The number of carbonyl (C=O) groups is 1. The molecule has 1 rings (SSSR count). The number of ether oxygens (including phenoxy) is 1. The third-order valence-corrected chi connectivity index (χ3v) is 3.52. The van der Waals surface area contributed by atoms with Gasteiger partial charge in [-0.15, -0.1) is 0 Å². The quantitative estimate of drug-likeness (QED) is 0.908. The van der Waals surface area contributed by atoms with Crippen LogP contribution < -0.4 is 10.1 Å². The van der Waals surface area contributed by atoms with E-state index in [0.717, 1.165) is 5.56 Å². The van der Waals surface area contributed by atoms with Gasteiger partial charge in [-0.1, -0.05) is 25.4 Å². The molecule has 0 heterocycles. The predicted octanol–water partition coefficient (Wildman–Crippen LogP) is 3.08. The number of rotatable bonds is 5. The van der Waals surface area contributed by atoms with E-state index in [1.807, 2.05) is 20.8 Å². The molecule has 1 N–H and O–H groups in total. The molecule has 0 aliphatic carbocycles. The van der Waals surface area contributed by atoms with Crippen molar-refractivity contribution in [1.82, 2.24) is 5.32 Å². The molecule has 1 amide bonds. The first-order valence-electron chi connectivity index (χ1n) is 6.39. The second kappa shape index (κ2) is 6.62.